The molecule has 0 saturated heterocycles. The van der Waals surface area contributed by atoms with E-state index in [0.29, 0.717) is 0 Å². The Morgan fingerprint density at radius 3 is 3.08 bits per heavy atom. The quantitative estimate of drug-likeness (QED) is 0.633. The van der Waals surface area contributed by atoms with Gasteiger partial charge in [0.1, 0.15) is 0 Å². The van der Waals surface area contributed by atoms with E-state index in [0.717, 1.165) is 16.5 Å². The lowest BCUT2D eigenvalue weighted by Crippen LogP contribution is -1.82. The van der Waals surface area contributed by atoms with Crippen molar-refractivity contribution in [3.05, 3.63) is 42.9 Å². The van der Waals surface area contributed by atoms with Gasteiger partial charge in [-0.15, -0.1) is 0 Å². The molecule has 0 N–H and O–H groups in total. The zero-order valence-electron chi connectivity index (χ0n) is 6.57. The van der Waals surface area contributed by atoms with Crippen LogP contribution in [0.2, 0.25) is 0 Å². The second-order valence-corrected chi connectivity index (χ2v) is 2.50. The fourth-order valence-electron chi connectivity index (χ4n) is 1.18. The molecule has 0 aliphatic carbocycles. The Labute approximate surface area is 70.6 Å². The molecule has 0 aromatic carbocycles. The molecule has 0 radical (unpaired) electrons. The first-order chi connectivity index (χ1) is 5.92. The minimum absolute atomic E-state index is 0.912. The van der Waals surface area contributed by atoms with E-state index in [-0.39, 0.29) is 0 Å². The minimum atomic E-state index is 0.912. The molecular weight excluding hydrogens is 148 g/mol. The van der Waals surface area contributed by atoms with Gasteiger partial charge in [0.05, 0.1) is 11.7 Å². The van der Waals surface area contributed by atoms with Gasteiger partial charge >= 0.3 is 0 Å². The number of pyridine rings is 2. The summed E-state index contributed by atoms with van der Waals surface area (Å²) < 4.78 is 0. The SMILES string of the molecule is C=Cc1cncc2ncccc12. The third kappa shape index (κ3) is 0.975. The normalized spacial score (nSPS) is 10.0. The molecule has 0 amide bonds. The molecule has 0 atom stereocenters. The van der Waals surface area contributed by atoms with Crippen molar-refractivity contribution < 1.29 is 0 Å². The zero-order chi connectivity index (χ0) is 8.39. The van der Waals surface area contributed by atoms with Gasteiger partial charge in [0, 0.05) is 23.3 Å². The van der Waals surface area contributed by atoms with E-state index in [4.69, 9.17) is 0 Å². The van der Waals surface area contributed by atoms with E-state index in [1.165, 1.54) is 0 Å². The molecule has 0 aliphatic heterocycles. The summed E-state index contributed by atoms with van der Waals surface area (Å²) in [5.41, 5.74) is 1.94. The minimum Gasteiger partial charge on any atom is -0.262 e. The molecule has 0 bridgehead atoms. The molecule has 0 unspecified atom stereocenters. The fraction of sp³-hybridized carbons (Fsp3) is 0. The van der Waals surface area contributed by atoms with Gasteiger partial charge in [0.25, 0.3) is 0 Å². The van der Waals surface area contributed by atoms with Crippen molar-refractivity contribution in [1.82, 2.24) is 9.97 Å². The van der Waals surface area contributed by atoms with Crippen LogP contribution in [0.1, 0.15) is 5.56 Å². The van der Waals surface area contributed by atoms with Crippen LogP contribution in [0, 0.1) is 0 Å². The van der Waals surface area contributed by atoms with Crippen LogP contribution >= 0.6 is 0 Å². The molecule has 0 fully saturated rings. The van der Waals surface area contributed by atoms with Crippen LogP contribution in [0.4, 0.5) is 0 Å². The molecule has 58 valence electrons. The average molecular weight is 156 g/mol. The maximum atomic E-state index is 4.18. The zero-order valence-corrected chi connectivity index (χ0v) is 6.57. The van der Waals surface area contributed by atoms with Crippen molar-refractivity contribution in [2.24, 2.45) is 0 Å². The van der Waals surface area contributed by atoms with Crippen LogP contribution in [-0.4, -0.2) is 9.97 Å². The van der Waals surface area contributed by atoms with Gasteiger partial charge in [-0.2, -0.15) is 0 Å². The second kappa shape index (κ2) is 2.74. The van der Waals surface area contributed by atoms with Gasteiger partial charge in [-0.25, -0.2) is 0 Å². The topological polar surface area (TPSA) is 25.8 Å². The Kier molecular flexibility index (Phi) is 1.59. The Morgan fingerprint density at radius 2 is 2.25 bits per heavy atom. The molecule has 2 aromatic heterocycles. The third-order valence-corrected chi connectivity index (χ3v) is 1.78. The summed E-state index contributed by atoms with van der Waals surface area (Å²) in [5.74, 6) is 0. The molecule has 0 spiro atoms. The average Bonchev–Trinajstić information content (AvgIpc) is 2.17. The molecule has 2 nitrogen and oxygen atoms in total. The Bertz CT molecular complexity index is 416. The van der Waals surface area contributed by atoms with Gasteiger partial charge < -0.3 is 0 Å². The Hall–Kier alpha value is -1.70. The van der Waals surface area contributed by atoms with E-state index in [9.17, 15) is 0 Å². The van der Waals surface area contributed by atoms with Crippen LogP contribution < -0.4 is 0 Å². The van der Waals surface area contributed by atoms with Crippen molar-refractivity contribution in [3.8, 4) is 0 Å². The first kappa shape index (κ1) is 6.98. The number of hydrogen-bond donors (Lipinski definition) is 0. The number of hydrogen-bond acceptors (Lipinski definition) is 2. The van der Waals surface area contributed by atoms with Crippen LogP contribution in [0.5, 0.6) is 0 Å². The number of fused-ring (bicyclic) bond motifs is 1. The summed E-state index contributed by atoms with van der Waals surface area (Å²) in [7, 11) is 0. The molecule has 2 heteroatoms. The van der Waals surface area contributed by atoms with E-state index in [2.05, 4.69) is 16.5 Å². The summed E-state index contributed by atoms with van der Waals surface area (Å²) in [6.07, 6.45) is 7.09. The van der Waals surface area contributed by atoms with Crippen LogP contribution in [0.15, 0.2) is 37.3 Å². The van der Waals surface area contributed by atoms with Crippen molar-refractivity contribution in [2.75, 3.05) is 0 Å². The summed E-state index contributed by atoms with van der Waals surface area (Å²) >= 11 is 0. The largest absolute Gasteiger partial charge is 0.262 e. The molecule has 2 aromatic rings. The summed E-state index contributed by atoms with van der Waals surface area (Å²) in [5, 5.41) is 1.10. The maximum absolute atomic E-state index is 4.18. The highest BCUT2D eigenvalue weighted by Crippen LogP contribution is 2.14. The summed E-state index contributed by atoms with van der Waals surface area (Å²) in [6, 6.07) is 3.93. The number of aromatic nitrogens is 2. The molecular formula is C10H8N2. The monoisotopic (exact) mass is 156 g/mol. The lowest BCUT2D eigenvalue weighted by molar-refractivity contribution is 1.30. The van der Waals surface area contributed by atoms with Crippen LogP contribution in [0.3, 0.4) is 0 Å². The molecule has 12 heavy (non-hydrogen) atoms. The van der Waals surface area contributed by atoms with Gasteiger partial charge in [0.2, 0.25) is 0 Å². The van der Waals surface area contributed by atoms with E-state index < -0.39 is 0 Å². The molecule has 2 rings (SSSR count). The van der Waals surface area contributed by atoms with Gasteiger partial charge in [-0.1, -0.05) is 18.7 Å². The van der Waals surface area contributed by atoms with Gasteiger partial charge in [-0.3, -0.25) is 9.97 Å². The van der Waals surface area contributed by atoms with E-state index >= 15 is 0 Å². The lowest BCUT2D eigenvalue weighted by Gasteiger charge is -1.98. The molecule has 0 saturated carbocycles. The van der Waals surface area contributed by atoms with Crippen molar-refractivity contribution in [1.29, 1.82) is 0 Å². The van der Waals surface area contributed by atoms with Crippen molar-refractivity contribution in [3.63, 3.8) is 0 Å². The highest BCUT2D eigenvalue weighted by atomic mass is 14.7. The molecule has 2 heterocycles. The van der Waals surface area contributed by atoms with Crippen molar-refractivity contribution >= 4 is 17.0 Å². The standard InChI is InChI=1S/C10H8N2/c1-2-8-6-11-7-10-9(8)4-3-5-12-10/h2-7H,1H2. The first-order valence-electron chi connectivity index (χ1n) is 3.73. The van der Waals surface area contributed by atoms with Crippen LogP contribution in [0.25, 0.3) is 17.0 Å². The van der Waals surface area contributed by atoms with Gasteiger partial charge in [0.15, 0.2) is 0 Å². The number of nitrogens with zero attached hydrogens (tertiary/aromatic N) is 2. The smallest absolute Gasteiger partial charge is 0.0891 e. The first-order valence-corrected chi connectivity index (χ1v) is 3.73. The highest BCUT2D eigenvalue weighted by molar-refractivity contribution is 5.86. The summed E-state index contributed by atoms with van der Waals surface area (Å²) in [4.78, 5) is 8.23. The molecule has 0 aliphatic rings. The Morgan fingerprint density at radius 1 is 1.33 bits per heavy atom. The summed E-state index contributed by atoms with van der Waals surface area (Å²) in [6.45, 7) is 3.71. The maximum Gasteiger partial charge on any atom is 0.0891 e. The van der Waals surface area contributed by atoms with Crippen molar-refractivity contribution in [2.45, 2.75) is 0 Å². The number of rotatable bonds is 1. The van der Waals surface area contributed by atoms with Crippen LogP contribution in [-0.2, 0) is 0 Å². The third-order valence-electron chi connectivity index (χ3n) is 1.78. The predicted octanol–water partition coefficient (Wildman–Crippen LogP) is 2.27. The van der Waals surface area contributed by atoms with E-state index in [1.54, 1.807) is 24.7 Å². The van der Waals surface area contributed by atoms with E-state index in [1.807, 2.05) is 12.1 Å². The van der Waals surface area contributed by atoms with Gasteiger partial charge in [-0.05, 0) is 6.07 Å². The Balaban J connectivity index is 2.88. The second-order valence-electron chi connectivity index (χ2n) is 2.50. The fourth-order valence-corrected chi connectivity index (χ4v) is 1.18. The highest BCUT2D eigenvalue weighted by Gasteiger charge is 1.96. The lowest BCUT2D eigenvalue weighted by atomic mass is 10.1. The predicted molar refractivity (Wildman–Crippen MR) is 49.6 cm³/mol.